The number of aryl methyl sites for hydroxylation is 2. The van der Waals surface area contributed by atoms with E-state index in [2.05, 4.69) is 37.4 Å². The Kier molecular flexibility index (Phi) is 6.97. The normalized spacial score (nSPS) is 18.1. The predicted molar refractivity (Wildman–Crippen MR) is 110 cm³/mol. The Balaban J connectivity index is 1.53. The maximum Gasteiger partial charge on any atom is 0.409 e. The minimum Gasteiger partial charge on any atom is -0.450 e. The smallest absolute Gasteiger partial charge is 0.409 e. The van der Waals surface area contributed by atoms with Crippen LogP contribution in [-0.2, 0) is 22.4 Å². The third kappa shape index (κ3) is 5.06. The molecule has 1 fully saturated rings. The first kappa shape index (κ1) is 20.7. The molecule has 154 valence electrons. The largest absolute Gasteiger partial charge is 0.450 e. The molecule has 2 aliphatic rings. The number of fused-ring (bicyclic) bond motifs is 1. The van der Waals surface area contributed by atoms with Crippen molar-refractivity contribution in [1.82, 2.24) is 10.2 Å². The van der Waals surface area contributed by atoms with E-state index in [-0.39, 0.29) is 24.0 Å². The number of amides is 2. The van der Waals surface area contributed by atoms with Gasteiger partial charge in [0.2, 0.25) is 5.91 Å². The molecule has 0 aromatic heterocycles. The lowest BCUT2D eigenvalue weighted by molar-refractivity contribution is -0.122. The number of rotatable bonds is 6. The molecule has 5 heteroatoms. The van der Waals surface area contributed by atoms with Crippen molar-refractivity contribution in [2.45, 2.75) is 71.3 Å². The molecule has 1 heterocycles. The lowest BCUT2D eigenvalue weighted by Crippen LogP contribution is -2.47. The number of hydrogen-bond donors (Lipinski definition) is 1. The Bertz CT molecular complexity index is 693. The standard InChI is InChI=1S/C23H34N2O3/c1-4-28-23(27)25-12-10-20(11-13-25)24-22(26)15-21(16(2)3)19-9-8-17-6-5-7-18(17)14-19/h8-9,14,16,20-21H,4-7,10-13,15H2,1-3H3,(H,24,26). The molecule has 28 heavy (non-hydrogen) atoms. The molecule has 0 spiro atoms. The van der Waals surface area contributed by atoms with Crippen LogP contribution in [0.3, 0.4) is 0 Å². The first-order chi connectivity index (χ1) is 13.5. The van der Waals surface area contributed by atoms with Crippen molar-refractivity contribution in [3.8, 4) is 0 Å². The Labute approximate surface area is 168 Å². The minimum atomic E-state index is -0.247. The van der Waals surface area contributed by atoms with Crippen molar-refractivity contribution in [2.24, 2.45) is 5.92 Å². The molecule has 1 unspecified atom stereocenters. The summed E-state index contributed by atoms with van der Waals surface area (Å²) in [7, 11) is 0. The van der Waals surface area contributed by atoms with Gasteiger partial charge in [-0.15, -0.1) is 0 Å². The molecule has 1 saturated heterocycles. The van der Waals surface area contributed by atoms with Crippen LogP contribution in [-0.4, -0.2) is 42.6 Å². The summed E-state index contributed by atoms with van der Waals surface area (Å²) < 4.78 is 5.06. The highest BCUT2D eigenvalue weighted by molar-refractivity contribution is 5.77. The topological polar surface area (TPSA) is 58.6 Å². The van der Waals surface area contributed by atoms with Crippen LogP contribution in [0.2, 0.25) is 0 Å². The summed E-state index contributed by atoms with van der Waals surface area (Å²) >= 11 is 0. The van der Waals surface area contributed by atoms with E-state index < -0.39 is 0 Å². The molecule has 1 aromatic rings. The van der Waals surface area contributed by atoms with E-state index in [1.807, 2.05) is 6.92 Å². The van der Waals surface area contributed by atoms with E-state index in [1.165, 1.54) is 36.0 Å². The average Bonchev–Trinajstić information content (AvgIpc) is 3.14. The van der Waals surface area contributed by atoms with E-state index in [0.29, 0.717) is 32.0 Å². The Hall–Kier alpha value is -2.04. The number of carbonyl (C=O) groups is 2. The van der Waals surface area contributed by atoms with Crippen LogP contribution in [0.4, 0.5) is 4.79 Å². The minimum absolute atomic E-state index is 0.119. The molecule has 3 rings (SSSR count). The van der Waals surface area contributed by atoms with Gasteiger partial charge in [0.05, 0.1) is 6.61 Å². The molecule has 1 N–H and O–H groups in total. The van der Waals surface area contributed by atoms with Crippen molar-refractivity contribution in [1.29, 1.82) is 0 Å². The van der Waals surface area contributed by atoms with Crippen LogP contribution >= 0.6 is 0 Å². The fraction of sp³-hybridized carbons (Fsp3) is 0.652. The van der Waals surface area contributed by atoms with Crippen molar-refractivity contribution in [3.05, 3.63) is 34.9 Å². The summed E-state index contributed by atoms with van der Waals surface area (Å²) in [6.45, 7) is 7.89. The van der Waals surface area contributed by atoms with Gasteiger partial charge in [-0.3, -0.25) is 4.79 Å². The number of likely N-dealkylation sites (tertiary alicyclic amines) is 1. The lowest BCUT2D eigenvalue weighted by atomic mass is 9.84. The van der Waals surface area contributed by atoms with E-state index in [0.717, 1.165) is 12.8 Å². The summed E-state index contributed by atoms with van der Waals surface area (Å²) in [5, 5.41) is 3.20. The third-order valence-electron chi connectivity index (χ3n) is 6.15. The van der Waals surface area contributed by atoms with Gasteiger partial charge in [-0.1, -0.05) is 32.0 Å². The van der Waals surface area contributed by atoms with Crippen LogP contribution in [0.1, 0.15) is 69.1 Å². The molecule has 0 bridgehead atoms. The fourth-order valence-electron chi connectivity index (χ4n) is 4.47. The van der Waals surface area contributed by atoms with Gasteiger partial charge in [0, 0.05) is 25.6 Å². The Morgan fingerprint density at radius 1 is 1.18 bits per heavy atom. The quantitative estimate of drug-likeness (QED) is 0.803. The predicted octanol–water partition coefficient (Wildman–Crippen LogP) is 4.04. The van der Waals surface area contributed by atoms with Crippen molar-refractivity contribution in [2.75, 3.05) is 19.7 Å². The molecule has 0 saturated carbocycles. The second-order valence-corrected chi connectivity index (χ2v) is 8.46. The Morgan fingerprint density at radius 3 is 2.57 bits per heavy atom. The molecule has 1 atom stereocenters. The van der Waals surface area contributed by atoms with Crippen molar-refractivity contribution < 1.29 is 14.3 Å². The van der Waals surface area contributed by atoms with Gasteiger partial charge in [-0.05, 0) is 67.6 Å². The van der Waals surface area contributed by atoms with Gasteiger partial charge in [0.25, 0.3) is 0 Å². The number of piperidine rings is 1. The molecule has 2 amide bonds. The van der Waals surface area contributed by atoms with Gasteiger partial charge >= 0.3 is 6.09 Å². The average molecular weight is 387 g/mol. The number of nitrogens with zero attached hydrogens (tertiary/aromatic N) is 1. The van der Waals surface area contributed by atoms with Crippen LogP contribution in [0.5, 0.6) is 0 Å². The molecule has 1 aromatic carbocycles. The van der Waals surface area contributed by atoms with Crippen molar-refractivity contribution >= 4 is 12.0 Å². The zero-order valence-corrected chi connectivity index (χ0v) is 17.5. The molecule has 1 aliphatic heterocycles. The van der Waals surface area contributed by atoms with Gasteiger partial charge in [-0.25, -0.2) is 4.79 Å². The summed E-state index contributed by atoms with van der Waals surface area (Å²) in [4.78, 5) is 26.3. The van der Waals surface area contributed by atoms with E-state index in [9.17, 15) is 9.59 Å². The first-order valence-corrected chi connectivity index (χ1v) is 10.8. The van der Waals surface area contributed by atoms with E-state index >= 15 is 0 Å². The number of ether oxygens (including phenoxy) is 1. The van der Waals surface area contributed by atoms with Crippen LogP contribution in [0, 0.1) is 5.92 Å². The number of benzene rings is 1. The maximum atomic E-state index is 12.7. The number of hydrogen-bond acceptors (Lipinski definition) is 3. The lowest BCUT2D eigenvalue weighted by Gasteiger charge is -2.32. The SMILES string of the molecule is CCOC(=O)N1CCC(NC(=O)CC(c2ccc3c(c2)CCC3)C(C)C)CC1. The second-order valence-electron chi connectivity index (χ2n) is 8.46. The highest BCUT2D eigenvalue weighted by Gasteiger charge is 2.26. The number of carbonyl (C=O) groups excluding carboxylic acids is 2. The van der Waals surface area contributed by atoms with Gasteiger partial charge in [-0.2, -0.15) is 0 Å². The fourth-order valence-corrected chi connectivity index (χ4v) is 4.47. The highest BCUT2D eigenvalue weighted by Crippen LogP contribution is 2.32. The van der Waals surface area contributed by atoms with Crippen LogP contribution < -0.4 is 5.32 Å². The monoisotopic (exact) mass is 386 g/mol. The first-order valence-electron chi connectivity index (χ1n) is 10.8. The molecule has 0 radical (unpaired) electrons. The van der Waals surface area contributed by atoms with Crippen molar-refractivity contribution in [3.63, 3.8) is 0 Å². The summed E-state index contributed by atoms with van der Waals surface area (Å²) in [5.74, 6) is 0.773. The summed E-state index contributed by atoms with van der Waals surface area (Å²) in [5.41, 5.74) is 4.24. The summed E-state index contributed by atoms with van der Waals surface area (Å²) in [6.07, 6.45) is 5.45. The molecule has 1 aliphatic carbocycles. The van der Waals surface area contributed by atoms with Crippen LogP contribution in [0.25, 0.3) is 0 Å². The van der Waals surface area contributed by atoms with Gasteiger partial charge in [0.15, 0.2) is 0 Å². The second kappa shape index (κ2) is 9.44. The summed E-state index contributed by atoms with van der Waals surface area (Å²) in [6, 6.07) is 6.96. The van der Waals surface area contributed by atoms with Gasteiger partial charge < -0.3 is 15.0 Å². The highest BCUT2D eigenvalue weighted by atomic mass is 16.6. The van der Waals surface area contributed by atoms with E-state index in [1.54, 1.807) is 4.90 Å². The molecule has 5 nitrogen and oxygen atoms in total. The maximum absolute atomic E-state index is 12.7. The zero-order valence-electron chi connectivity index (χ0n) is 17.5. The third-order valence-corrected chi connectivity index (χ3v) is 6.15. The molecular formula is C23H34N2O3. The van der Waals surface area contributed by atoms with Gasteiger partial charge in [0.1, 0.15) is 0 Å². The number of nitrogens with one attached hydrogen (secondary N) is 1. The molecular weight excluding hydrogens is 352 g/mol. The zero-order chi connectivity index (χ0) is 20.1. The van der Waals surface area contributed by atoms with E-state index in [4.69, 9.17) is 4.74 Å². The Morgan fingerprint density at radius 2 is 1.89 bits per heavy atom. The van der Waals surface area contributed by atoms with Crippen LogP contribution in [0.15, 0.2) is 18.2 Å².